The maximum Gasteiger partial charge on any atom is 0.300 e. The molecule has 12 heteroatoms. The molecule has 1 N–H and O–H groups in total. The second-order valence-corrected chi connectivity index (χ2v) is 6.35. The van der Waals surface area contributed by atoms with E-state index in [9.17, 15) is 28.6 Å². The van der Waals surface area contributed by atoms with Crippen LogP contribution in [0.1, 0.15) is 0 Å². The summed E-state index contributed by atoms with van der Waals surface area (Å²) in [4.78, 5) is 19.2. The normalized spacial score (nSPS) is 11.1. The molecule has 0 spiro atoms. The number of nitrogens with zero attached hydrogens (tertiary/aromatic N) is 2. The Labute approximate surface area is 122 Å². The van der Waals surface area contributed by atoms with Crippen molar-refractivity contribution in [1.82, 2.24) is 0 Å². The fourth-order valence-corrected chi connectivity index (χ4v) is 2.24. The van der Waals surface area contributed by atoms with Gasteiger partial charge in [-0.1, -0.05) is 0 Å². The van der Waals surface area contributed by atoms with Crippen LogP contribution in [0.3, 0.4) is 0 Å². The van der Waals surface area contributed by atoms with Crippen molar-refractivity contribution in [1.29, 1.82) is 0 Å². The second kappa shape index (κ2) is 6.20. The van der Waals surface area contributed by atoms with Crippen LogP contribution >= 0.6 is 22.3 Å². The van der Waals surface area contributed by atoms with Gasteiger partial charge in [-0.15, -0.1) is 11.6 Å². The predicted molar refractivity (Wildman–Crippen MR) is 72.0 cm³/mol. The molecule has 0 aliphatic rings. The van der Waals surface area contributed by atoms with Gasteiger partial charge in [0.05, 0.1) is 14.7 Å². The molecule has 0 saturated heterocycles. The number of alkyl halides is 1. The minimum atomic E-state index is -4.34. The van der Waals surface area contributed by atoms with E-state index >= 15 is 0 Å². The Morgan fingerprint density at radius 2 is 1.60 bits per heavy atom. The van der Waals surface area contributed by atoms with Gasteiger partial charge in [0.2, 0.25) is 0 Å². The SMILES string of the molecule is O=[N+]([O-])c1cc(S(=O)(=O)Cl)cc([N+](=O)[O-])c1NCCCl. The Hall–Kier alpha value is -1.65. The summed E-state index contributed by atoms with van der Waals surface area (Å²) in [5, 5.41) is 24.2. The van der Waals surface area contributed by atoms with Crippen molar-refractivity contribution in [2.75, 3.05) is 17.7 Å². The Morgan fingerprint density at radius 1 is 1.15 bits per heavy atom. The molecule has 0 bridgehead atoms. The lowest BCUT2D eigenvalue weighted by Crippen LogP contribution is -2.09. The van der Waals surface area contributed by atoms with E-state index in [1.54, 1.807) is 0 Å². The van der Waals surface area contributed by atoms with Crippen molar-refractivity contribution in [2.24, 2.45) is 0 Å². The number of benzene rings is 1. The number of halogens is 2. The summed E-state index contributed by atoms with van der Waals surface area (Å²) in [7, 11) is 0.711. The van der Waals surface area contributed by atoms with Gasteiger partial charge < -0.3 is 5.32 Å². The summed E-state index contributed by atoms with van der Waals surface area (Å²) < 4.78 is 22.4. The molecule has 1 aromatic rings. The molecule has 0 amide bonds. The lowest BCUT2D eigenvalue weighted by Gasteiger charge is -2.07. The van der Waals surface area contributed by atoms with E-state index in [-0.39, 0.29) is 12.4 Å². The molecule has 0 atom stereocenters. The van der Waals surface area contributed by atoms with Crippen molar-refractivity contribution in [3.63, 3.8) is 0 Å². The Kier molecular flexibility index (Phi) is 5.09. The third-order valence-electron chi connectivity index (χ3n) is 2.14. The third kappa shape index (κ3) is 3.68. The summed E-state index contributed by atoms with van der Waals surface area (Å²) >= 11 is 5.40. The van der Waals surface area contributed by atoms with E-state index < -0.39 is 40.9 Å². The third-order valence-corrected chi connectivity index (χ3v) is 3.66. The molecule has 9 nitrogen and oxygen atoms in total. The van der Waals surface area contributed by atoms with Crippen LogP contribution in [0.15, 0.2) is 17.0 Å². The van der Waals surface area contributed by atoms with E-state index in [4.69, 9.17) is 22.3 Å². The average Bonchev–Trinajstić information content (AvgIpc) is 2.33. The highest BCUT2D eigenvalue weighted by atomic mass is 35.7. The minimum Gasteiger partial charge on any atom is -0.373 e. The number of nitro benzene ring substituents is 2. The van der Waals surface area contributed by atoms with Gasteiger partial charge in [0.25, 0.3) is 9.05 Å². The average molecular weight is 344 g/mol. The van der Waals surface area contributed by atoms with E-state index in [0.29, 0.717) is 12.1 Å². The van der Waals surface area contributed by atoms with Gasteiger partial charge in [0.15, 0.2) is 5.69 Å². The zero-order valence-electron chi connectivity index (χ0n) is 9.58. The number of nitrogens with one attached hydrogen (secondary N) is 1. The van der Waals surface area contributed by atoms with Gasteiger partial charge in [-0.25, -0.2) is 8.42 Å². The van der Waals surface area contributed by atoms with E-state index in [1.807, 2.05) is 0 Å². The lowest BCUT2D eigenvalue weighted by atomic mass is 10.2. The maximum atomic E-state index is 11.2. The van der Waals surface area contributed by atoms with Crippen molar-refractivity contribution >= 4 is 48.4 Å². The molecule has 0 heterocycles. The van der Waals surface area contributed by atoms with Gasteiger partial charge in [0, 0.05) is 35.2 Å². The van der Waals surface area contributed by atoms with E-state index in [2.05, 4.69) is 5.32 Å². The molecule has 0 saturated carbocycles. The van der Waals surface area contributed by atoms with Crippen molar-refractivity contribution in [2.45, 2.75) is 4.90 Å². The number of anilines is 1. The molecule has 110 valence electrons. The van der Waals surface area contributed by atoms with Crippen LogP contribution in [-0.2, 0) is 9.05 Å². The van der Waals surface area contributed by atoms with E-state index in [1.165, 1.54) is 0 Å². The quantitative estimate of drug-likeness (QED) is 0.361. The fourth-order valence-electron chi connectivity index (χ4n) is 1.37. The zero-order valence-corrected chi connectivity index (χ0v) is 11.9. The number of hydrogen-bond acceptors (Lipinski definition) is 7. The topological polar surface area (TPSA) is 132 Å². The summed E-state index contributed by atoms with van der Waals surface area (Å²) in [6, 6.07) is 1.29. The predicted octanol–water partition coefficient (Wildman–Crippen LogP) is 2.08. The Morgan fingerprint density at radius 3 is 1.90 bits per heavy atom. The molecular weight excluding hydrogens is 337 g/mol. The summed E-state index contributed by atoms with van der Waals surface area (Å²) in [5.74, 6) is 0.0455. The first-order chi connectivity index (χ1) is 9.18. The van der Waals surface area contributed by atoms with Crippen molar-refractivity contribution in [3.8, 4) is 0 Å². The fraction of sp³-hybridized carbons (Fsp3) is 0.250. The summed E-state index contributed by atoms with van der Waals surface area (Å²) in [6.45, 7) is 0.0240. The van der Waals surface area contributed by atoms with Crippen molar-refractivity contribution in [3.05, 3.63) is 32.4 Å². The van der Waals surface area contributed by atoms with Crippen molar-refractivity contribution < 1.29 is 18.3 Å². The highest BCUT2D eigenvalue weighted by molar-refractivity contribution is 8.13. The van der Waals surface area contributed by atoms with Gasteiger partial charge >= 0.3 is 11.4 Å². The highest BCUT2D eigenvalue weighted by Gasteiger charge is 2.29. The molecular formula is C8H7Cl2N3O6S. The number of rotatable bonds is 6. The summed E-state index contributed by atoms with van der Waals surface area (Å²) in [5.41, 5.74) is -1.98. The molecule has 0 aliphatic heterocycles. The van der Waals surface area contributed by atoms with Crippen LogP contribution in [0, 0.1) is 20.2 Å². The lowest BCUT2D eigenvalue weighted by molar-refractivity contribution is -0.392. The monoisotopic (exact) mass is 343 g/mol. The van der Waals surface area contributed by atoms with Crippen LogP contribution in [0.4, 0.5) is 17.1 Å². The highest BCUT2D eigenvalue weighted by Crippen LogP contribution is 2.37. The molecule has 0 unspecified atom stereocenters. The van der Waals surface area contributed by atoms with E-state index in [0.717, 1.165) is 0 Å². The zero-order chi connectivity index (χ0) is 15.5. The van der Waals surface area contributed by atoms with Gasteiger partial charge in [0.1, 0.15) is 0 Å². The van der Waals surface area contributed by atoms with Crippen LogP contribution < -0.4 is 5.32 Å². The van der Waals surface area contributed by atoms with Crippen LogP contribution in [0.2, 0.25) is 0 Å². The molecule has 1 rings (SSSR count). The van der Waals surface area contributed by atoms with Gasteiger partial charge in [-0.2, -0.15) is 0 Å². The Bertz CT molecular complexity index is 627. The molecule has 0 aromatic heterocycles. The summed E-state index contributed by atoms with van der Waals surface area (Å²) in [6.07, 6.45) is 0. The number of nitro groups is 2. The number of hydrogen-bond donors (Lipinski definition) is 1. The van der Waals surface area contributed by atoms with Crippen LogP contribution in [0.25, 0.3) is 0 Å². The minimum absolute atomic E-state index is 0.0240. The standard InChI is InChI=1S/C8H7Cl2N3O6S/c9-1-2-11-8-6(12(14)15)3-5(20(10,18)19)4-7(8)13(16)17/h3-4,11H,1-2H2. The van der Waals surface area contributed by atoms with Gasteiger partial charge in [-0.3, -0.25) is 20.2 Å². The second-order valence-electron chi connectivity index (χ2n) is 3.40. The first kappa shape index (κ1) is 16.4. The van der Waals surface area contributed by atoms with Crippen LogP contribution in [0.5, 0.6) is 0 Å². The maximum absolute atomic E-state index is 11.2. The first-order valence-corrected chi connectivity index (χ1v) is 7.74. The Balaban J connectivity index is 3.63. The van der Waals surface area contributed by atoms with Crippen LogP contribution in [-0.4, -0.2) is 30.7 Å². The molecule has 0 fully saturated rings. The molecule has 0 aliphatic carbocycles. The smallest absolute Gasteiger partial charge is 0.300 e. The largest absolute Gasteiger partial charge is 0.373 e. The van der Waals surface area contributed by atoms with Gasteiger partial charge in [-0.05, 0) is 0 Å². The molecule has 0 radical (unpaired) electrons. The molecule has 1 aromatic carbocycles. The first-order valence-electron chi connectivity index (χ1n) is 4.89. The molecule has 20 heavy (non-hydrogen) atoms.